The minimum absolute atomic E-state index is 0.364. The Balaban J connectivity index is 1.95. The lowest BCUT2D eigenvalue weighted by atomic mass is 10.0. The molecule has 0 aliphatic carbocycles. The van der Waals surface area contributed by atoms with Crippen LogP contribution in [-0.2, 0) is 4.74 Å². The monoisotopic (exact) mass is 272 g/mol. The third kappa shape index (κ3) is 2.68. The predicted octanol–water partition coefficient (Wildman–Crippen LogP) is 1.34. The fraction of sp³-hybridized carbons (Fsp3) is 0.500. The van der Waals surface area contributed by atoms with E-state index in [0.717, 1.165) is 10.9 Å². The quantitative estimate of drug-likeness (QED) is 0.903. The molecular formula is C10H13BrN2O2. The number of pyridine rings is 1. The van der Waals surface area contributed by atoms with Gasteiger partial charge in [0.2, 0.25) is 5.88 Å². The maximum absolute atomic E-state index is 6.06. The second-order valence-electron chi connectivity index (χ2n) is 3.74. The predicted molar refractivity (Wildman–Crippen MR) is 59.8 cm³/mol. The summed E-state index contributed by atoms with van der Waals surface area (Å²) in [5, 5.41) is 0. The fourth-order valence-electron chi connectivity index (χ4n) is 1.43. The van der Waals surface area contributed by atoms with Gasteiger partial charge >= 0.3 is 0 Å². The van der Waals surface area contributed by atoms with Crippen LogP contribution in [0.1, 0.15) is 6.42 Å². The molecule has 1 aliphatic heterocycles. The molecule has 0 bridgehead atoms. The summed E-state index contributed by atoms with van der Waals surface area (Å²) in [6.07, 6.45) is 2.52. The molecule has 0 saturated carbocycles. The van der Waals surface area contributed by atoms with Crippen LogP contribution in [0.5, 0.6) is 5.88 Å². The zero-order valence-electron chi connectivity index (χ0n) is 8.28. The van der Waals surface area contributed by atoms with Crippen LogP contribution in [0, 0.1) is 0 Å². The van der Waals surface area contributed by atoms with Crippen molar-refractivity contribution in [1.82, 2.24) is 4.98 Å². The van der Waals surface area contributed by atoms with Crippen LogP contribution in [0.4, 0.5) is 0 Å². The van der Waals surface area contributed by atoms with E-state index in [4.69, 9.17) is 15.2 Å². The van der Waals surface area contributed by atoms with Crippen molar-refractivity contribution in [3.63, 3.8) is 0 Å². The summed E-state index contributed by atoms with van der Waals surface area (Å²) >= 11 is 3.36. The van der Waals surface area contributed by atoms with Gasteiger partial charge in [-0.3, -0.25) is 0 Å². The summed E-state index contributed by atoms with van der Waals surface area (Å²) in [4.78, 5) is 4.10. The zero-order chi connectivity index (χ0) is 10.7. The normalized spacial score (nSPS) is 25.5. The molecule has 15 heavy (non-hydrogen) atoms. The van der Waals surface area contributed by atoms with Crippen LogP contribution in [-0.4, -0.2) is 30.3 Å². The van der Waals surface area contributed by atoms with Crippen molar-refractivity contribution in [2.75, 3.05) is 19.8 Å². The van der Waals surface area contributed by atoms with E-state index in [1.807, 2.05) is 12.1 Å². The lowest BCUT2D eigenvalue weighted by Crippen LogP contribution is -2.46. The third-order valence-corrected chi connectivity index (χ3v) is 2.96. The fourth-order valence-corrected chi connectivity index (χ4v) is 1.80. The number of nitrogens with zero attached hydrogens (tertiary/aromatic N) is 1. The number of hydrogen-bond acceptors (Lipinski definition) is 4. The highest BCUT2D eigenvalue weighted by molar-refractivity contribution is 9.10. The molecule has 1 aliphatic rings. The maximum atomic E-state index is 6.06. The number of aromatic nitrogens is 1. The van der Waals surface area contributed by atoms with Gasteiger partial charge < -0.3 is 15.2 Å². The van der Waals surface area contributed by atoms with Gasteiger partial charge in [-0.05, 0) is 34.5 Å². The largest absolute Gasteiger partial charge is 0.475 e. The van der Waals surface area contributed by atoms with Gasteiger partial charge in [-0.25, -0.2) is 4.98 Å². The molecule has 0 aromatic carbocycles. The van der Waals surface area contributed by atoms with E-state index in [1.165, 1.54) is 0 Å². The standard InChI is InChI=1S/C10H13BrN2O2/c11-8-2-1-4-13-9(8)15-7-10(12)3-5-14-6-10/h1-2,4H,3,5-7,12H2. The molecule has 2 rings (SSSR count). The lowest BCUT2D eigenvalue weighted by molar-refractivity contribution is 0.149. The Morgan fingerprint density at radius 1 is 1.67 bits per heavy atom. The van der Waals surface area contributed by atoms with E-state index in [1.54, 1.807) is 6.20 Å². The van der Waals surface area contributed by atoms with Gasteiger partial charge in [-0.2, -0.15) is 0 Å². The van der Waals surface area contributed by atoms with Gasteiger partial charge in [-0.15, -0.1) is 0 Å². The third-order valence-electron chi connectivity index (χ3n) is 2.35. The molecule has 1 unspecified atom stereocenters. The highest BCUT2D eigenvalue weighted by Crippen LogP contribution is 2.23. The smallest absolute Gasteiger partial charge is 0.227 e. The number of nitrogens with two attached hydrogens (primary N) is 1. The second kappa shape index (κ2) is 4.47. The molecule has 1 aromatic rings. The van der Waals surface area contributed by atoms with Crippen LogP contribution in [0.2, 0.25) is 0 Å². The summed E-state index contributed by atoms with van der Waals surface area (Å²) in [6, 6.07) is 3.73. The molecule has 5 heteroatoms. The van der Waals surface area contributed by atoms with Crippen molar-refractivity contribution in [1.29, 1.82) is 0 Å². The Morgan fingerprint density at radius 3 is 3.20 bits per heavy atom. The summed E-state index contributed by atoms with van der Waals surface area (Å²) in [6.45, 7) is 1.70. The maximum Gasteiger partial charge on any atom is 0.227 e. The molecule has 1 aromatic heterocycles. The zero-order valence-corrected chi connectivity index (χ0v) is 9.87. The van der Waals surface area contributed by atoms with Crippen molar-refractivity contribution < 1.29 is 9.47 Å². The van der Waals surface area contributed by atoms with E-state index in [2.05, 4.69) is 20.9 Å². The molecule has 2 heterocycles. The molecule has 1 saturated heterocycles. The van der Waals surface area contributed by atoms with Gasteiger partial charge in [0.15, 0.2) is 0 Å². The van der Waals surface area contributed by atoms with Crippen LogP contribution >= 0.6 is 15.9 Å². The van der Waals surface area contributed by atoms with Gasteiger partial charge in [0.25, 0.3) is 0 Å². The molecule has 82 valence electrons. The average molecular weight is 273 g/mol. The summed E-state index contributed by atoms with van der Waals surface area (Å²) in [5.74, 6) is 0.578. The van der Waals surface area contributed by atoms with Crippen molar-refractivity contribution in [2.24, 2.45) is 5.73 Å². The van der Waals surface area contributed by atoms with Crippen LogP contribution in [0.3, 0.4) is 0 Å². The van der Waals surface area contributed by atoms with E-state index in [0.29, 0.717) is 25.7 Å². The Kier molecular flexibility index (Phi) is 3.23. The molecule has 4 nitrogen and oxygen atoms in total. The van der Waals surface area contributed by atoms with Crippen LogP contribution < -0.4 is 10.5 Å². The summed E-state index contributed by atoms with van der Waals surface area (Å²) < 4.78 is 11.6. The molecule has 0 amide bonds. The Labute approximate surface area is 96.9 Å². The number of rotatable bonds is 3. The van der Waals surface area contributed by atoms with Gasteiger partial charge in [0.05, 0.1) is 16.6 Å². The Bertz CT molecular complexity index is 340. The molecular weight excluding hydrogens is 260 g/mol. The van der Waals surface area contributed by atoms with Crippen LogP contribution in [0.25, 0.3) is 0 Å². The van der Waals surface area contributed by atoms with E-state index >= 15 is 0 Å². The Morgan fingerprint density at radius 2 is 2.53 bits per heavy atom. The molecule has 0 radical (unpaired) electrons. The topological polar surface area (TPSA) is 57.4 Å². The van der Waals surface area contributed by atoms with E-state index in [-0.39, 0.29) is 5.54 Å². The second-order valence-corrected chi connectivity index (χ2v) is 4.60. The number of hydrogen-bond donors (Lipinski definition) is 1. The molecule has 1 atom stereocenters. The SMILES string of the molecule is NC1(COc2ncccc2Br)CCOC1. The molecule has 1 fully saturated rings. The van der Waals surface area contributed by atoms with Crippen molar-refractivity contribution >= 4 is 15.9 Å². The summed E-state index contributed by atoms with van der Waals surface area (Å²) in [5.41, 5.74) is 5.70. The van der Waals surface area contributed by atoms with Crippen molar-refractivity contribution in [2.45, 2.75) is 12.0 Å². The highest BCUT2D eigenvalue weighted by Gasteiger charge is 2.31. The van der Waals surface area contributed by atoms with Crippen LogP contribution in [0.15, 0.2) is 22.8 Å². The lowest BCUT2D eigenvalue weighted by Gasteiger charge is -2.21. The highest BCUT2D eigenvalue weighted by atomic mass is 79.9. The van der Waals surface area contributed by atoms with E-state index in [9.17, 15) is 0 Å². The molecule has 2 N–H and O–H groups in total. The number of halogens is 1. The van der Waals surface area contributed by atoms with Crippen molar-refractivity contribution in [3.05, 3.63) is 22.8 Å². The average Bonchev–Trinajstić information content (AvgIpc) is 2.65. The first-order valence-electron chi connectivity index (χ1n) is 4.80. The first-order chi connectivity index (χ1) is 7.20. The first kappa shape index (κ1) is 10.9. The van der Waals surface area contributed by atoms with E-state index < -0.39 is 0 Å². The minimum atomic E-state index is -0.364. The summed E-state index contributed by atoms with van der Waals surface area (Å²) in [7, 11) is 0. The molecule has 0 spiro atoms. The van der Waals surface area contributed by atoms with Gasteiger partial charge in [-0.1, -0.05) is 0 Å². The van der Waals surface area contributed by atoms with Gasteiger partial charge in [0, 0.05) is 12.8 Å². The van der Waals surface area contributed by atoms with Crippen molar-refractivity contribution in [3.8, 4) is 5.88 Å². The Hall–Kier alpha value is -0.650. The minimum Gasteiger partial charge on any atom is -0.475 e. The van der Waals surface area contributed by atoms with Gasteiger partial charge in [0.1, 0.15) is 6.61 Å². The number of ether oxygens (including phenoxy) is 2. The first-order valence-corrected chi connectivity index (χ1v) is 5.59.